The number of phenolic OH excluding ortho intramolecular Hbond substituents is 2. The first-order valence-corrected chi connectivity index (χ1v) is 8.39. The van der Waals surface area contributed by atoms with Gasteiger partial charge in [0.1, 0.15) is 11.5 Å². The minimum Gasteiger partial charge on any atom is -0.508 e. The van der Waals surface area contributed by atoms with Gasteiger partial charge in [0.25, 0.3) is 0 Å². The van der Waals surface area contributed by atoms with E-state index in [9.17, 15) is 10.2 Å². The maximum atomic E-state index is 10.4. The van der Waals surface area contributed by atoms with Crippen LogP contribution in [-0.2, 0) is 0 Å². The summed E-state index contributed by atoms with van der Waals surface area (Å²) in [6.45, 7) is 8.05. The van der Waals surface area contributed by atoms with Gasteiger partial charge in [-0.3, -0.25) is 4.90 Å². The Morgan fingerprint density at radius 2 is 1.79 bits per heavy atom. The summed E-state index contributed by atoms with van der Waals surface area (Å²) in [5.74, 6) is 0.193. The Hall–Kier alpha value is -2.46. The van der Waals surface area contributed by atoms with Crippen molar-refractivity contribution < 1.29 is 10.2 Å². The van der Waals surface area contributed by atoms with Crippen molar-refractivity contribution in [3.8, 4) is 11.5 Å². The van der Waals surface area contributed by atoms with Gasteiger partial charge in [-0.2, -0.15) is 0 Å². The highest BCUT2D eigenvalue weighted by atomic mass is 16.3. The summed E-state index contributed by atoms with van der Waals surface area (Å²) < 4.78 is 0. The minimum absolute atomic E-state index is 0.0730. The molecule has 1 heterocycles. The maximum absolute atomic E-state index is 10.4. The summed E-state index contributed by atoms with van der Waals surface area (Å²) in [5, 5.41) is 21.2. The third-order valence-corrected chi connectivity index (χ3v) is 4.74. The molecule has 0 amide bonds. The van der Waals surface area contributed by atoms with Gasteiger partial charge in [0.2, 0.25) is 0 Å². The van der Waals surface area contributed by atoms with Crippen molar-refractivity contribution in [2.75, 3.05) is 13.1 Å². The molecule has 3 rings (SSSR count). The predicted octanol–water partition coefficient (Wildman–Crippen LogP) is 4.32. The molecule has 0 radical (unpaired) electrons. The van der Waals surface area contributed by atoms with Gasteiger partial charge in [0.05, 0.1) is 6.04 Å². The van der Waals surface area contributed by atoms with Gasteiger partial charge >= 0.3 is 0 Å². The van der Waals surface area contributed by atoms with Crippen LogP contribution in [0.3, 0.4) is 0 Å². The molecular weight excluding hydrogens is 300 g/mol. The van der Waals surface area contributed by atoms with E-state index in [2.05, 4.69) is 48.9 Å². The first-order valence-electron chi connectivity index (χ1n) is 8.39. The van der Waals surface area contributed by atoms with Gasteiger partial charge in [0.15, 0.2) is 0 Å². The summed E-state index contributed by atoms with van der Waals surface area (Å²) in [6.07, 6.45) is 2.03. The van der Waals surface area contributed by atoms with E-state index in [1.165, 1.54) is 17.0 Å². The van der Waals surface area contributed by atoms with Crippen molar-refractivity contribution in [3.63, 3.8) is 0 Å². The largest absolute Gasteiger partial charge is 0.508 e. The normalized spacial score (nSPS) is 12.8. The van der Waals surface area contributed by atoms with Crippen molar-refractivity contribution in [1.29, 1.82) is 0 Å². The highest BCUT2D eigenvalue weighted by molar-refractivity contribution is 5.86. The highest BCUT2D eigenvalue weighted by Crippen LogP contribution is 2.39. The number of fused-ring (bicyclic) bond motifs is 1. The van der Waals surface area contributed by atoms with Gasteiger partial charge in [-0.25, -0.2) is 0 Å². The van der Waals surface area contributed by atoms with Crippen molar-refractivity contribution in [1.82, 2.24) is 9.88 Å². The minimum atomic E-state index is -0.0730. The summed E-state index contributed by atoms with van der Waals surface area (Å²) in [4.78, 5) is 5.69. The Balaban J connectivity index is 2.22. The third kappa shape index (κ3) is 2.74. The van der Waals surface area contributed by atoms with Crippen LogP contribution in [-0.4, -0.2) is 33.2 Å². The number of H-pyrrole nitrogens is 1. The monoisotopic (exact) mass is 324 g/mol. The molecule has 0 aliphatic heterocycles. The van der Waals surface area contributed by atoms with Gasteiger partial charge in [-0.1, -0.05) is 32.0 Å². The number of rotatable bonds is 5. The molecule has 0 aliphatic rings. The summed E-state index contributed by atoms with van der Waals surface area (Å²) >= 11 is 0. The topological polar surface area (TPSA) is 59.5 Å². The number of para-hydroxylation sites is 1. The van der Waals surface area contributed by atoms with Gasteiger partial charge in [-0.05, 0) is 43.3 Å². The van der Waals surface area contributed by atoms with Crippen LogP contribution in [0.1, 0.15) is 36.6 Å². The average Bonchev–Trinajstić information content (AvgIpc) is 2.98. The highest BCUT2D eigenvalue weighted by Gasteiger charge is 2.25. The molecule has 4 nitrogen and oxygen atoms in total. The summed E-state index contributed by atoms with van der Waals surface area (Å²) in [7, 11) is 0. The van der Waals surface area contributed by atoms with Crippen molar-refractivity contribution in [2.24, 2.45) is 0 Å². The van der Waals surface area contributed by atoms with E-state index in [0.29, 0.717) is 0 Å². The Bertz CT molecular complexity index is 850. The fourth-order valence-electron chi connectivity index (χ4n) is 3.47. The van der Waals surface area contributed by atoms with Crippen LogP contribution in [0.4, 0.5) is 0 Å². The lowest BCUT2D eigenvalue weighted by atomic mass is 9.95. The molecule has 24 heavy (non-hydrogen) atoms. The van der Waals surface area contributed by atoms with Crippen molar-refractivity contribution >= 4 is 10.9 Å². The molecule has 0 saturated heterocycles. The maximum Gasteiger partial charge on any atom is 0.124 e. The van der Waals surface area contributed by atoms with Crippen LogP contribution >= 0.6 is 0 Å². The lowest BCUT2D eigenvalue weighted by Crippen LogP contribution is -2.29. The molecule has 3 N–H and O–H groups in total. The van der Waals surface area contributed by atoms with E-state index < -0.39 is 0 Å². The SMILES string of the molecule is CCN(CC)C(c1ccc(O)cc1O)c1c[nH]c2c(C)cccc12. The zero-order chi connectivity index (χ0) is 17.3. The number of aromatic amines is 1. The second-order valence-electron chi connectivity index (χ2n) is 6.11. The quantitative estimate of drug-likeness (QED) is 0.655. The van der Waals surface area contributed by atoms with Crippen molar-refractivity contribution in [2.45, 2.75) is 26.8 Å². The zero-order valence-corrected chi connectivity index (χ0v) is 14.4. The molecule has 0 saturated carbocycles. The second-order valence-corrected chi connectivity index (χ2v) is 6.11. The number of hydrogen-bond donors (Lipinski definition) is 3. The zero-order valence-electron chi connectivity index (χ0n) is 14.4. The first kappa shape index (κ1) is 16.4. The average molecular weight is 324 g/mol. The molecule has 1 atom stereocenters. The van der Waals surface area contributed by atoms with E-state index in [0.717, 1.165) is 29.7 Å². The molecule has 126 valence electrons. The van der Waals surface area contributed by atoms with Gasteiger partial charge in [0, 0.05) is 28.7 Å². The van der Waals surface area contributed by atoms with E-state index in [1.807, 2.05) is 12.3 Å². The molecule has 0 spiro atoms. The lowest BCUT2D eigenvalue weighted by Gasteiger charge is -2.30. The van der Waals surface area contributed by atoms with Crippen LogP contribution in [0.25, 0.3) is 10.9 Å². The number of aryl methyl sites for hydroxylation is 1. The second kappa shape index (κ2) is 6.57. The van der Waals surface area contributed by atoms with E-state index in [-0.39, 0.29) is 17.5 Å². The molecule has 2 aromatic carbocycles. The number of hydrogen-bond acceptors (Lipinski definition) is 3. The molecule has 1 unspecified atom stereocenters. The van der Waals surface area contributed by atoms with Crippen LogP contribution in [0.15, 0.2) is 42.6 Å². The number of aromatic hydroxyl groups is 2. The fraction of sp³-hybridized carbons (Fsp3) is 0.300. The Kier molecular flexibility index (Phi) is 4.49. The standard InChI is InChI=1S/C20H24N2O2/c1-4-22(5-2)20(16-10-9-14(23)11-18(16)24)17-12-21-19-13(3)7-6-8-15(17)19/h6-12,20-21,23-24H,4-5H2,1-3H3. The number of phenols is 2. The summed E-state index contributed by atoms with van der Waals surface area (Å²) in [5.41, 5.74) is 4.27. The van der Waals surface area contributed by atoms with Crippen LogP contribution in [0, 0.1) is 6.92 Å². The Morgan fingerprint density at radius 1 is 1.04 bits per heavy atom. The molecule has 0 fully saturated rings. The number of nitrogens with zero attached hydrogens (tertiary/aromatic N) is 1. The molecule has 0 bridgehead atoms. The van der Waals surface area contributed by atoms with Crippen molar-refractivity contribution in [3.05, 3.63) is 59.3 Å². The summed E-state index contributed by atoms with van der Waals surface area (Å²) in [6, 6.07) is 11.0. The van der Waals surface area contributed by atoms with Crippen LogP contribution in [0.2, 0.25) is 0 Å². The Labute approximate surface area is 142 Å². The van der Waals surface area contributed by atoms with Crippen LogP contribution < -0.4 is 0 Å². The molecule has 3 aromatic rings. The number of aromatic nitrogens is 1. The predicted molar refractivity (Wildman–Crippen MR) is 97.6 cm³/mol. The van der Waals surface area contributed by atoms with Gasteiger partial charge in [-0.15, -0.1) is 0 Å². The molecule has 1 aromatic heterocycles. The first-order chi connectivity index (χ1) is 11.6. The number of benzene rings is 2. The third-order valence-electron chi connectivity index (χ3n) is 4.74. The van der Waals surface area contributed by atoms with E-state index in [1.54, 1.807) is 6.07 Å². The fourth-order valence-corrected chi connectivity index (χ4v) is 3.47. The van der Waals surface area contributed by atoms with E-state index >= 15 is 0 Å². The smallest absolute Gasteiger partial charge is 0.124 e. The molecular formula is C20H24N2O2. The molecule has 0 aliphatic carbocycles. The van der Waals surface area contributed by atoms with Gasteiger partial charge < -0.3 is 15.2 Å². The Morgan fingerprint density at radius 3 is 2.46 bits per heavy atom. The van der Waals surface area contributed by atoms with E-state index in [4.69, 9.17) is 0 Å². The lowest BCUT2D eigenvalue weighted by molar-refractivity contribution is 0.247. The number of nitrogens with one attached hydrogen (secondary N) is 1. The molecule has 4 heteroatoms. The van der Waals surface area contributed by atoms with Crippen LogP contribution in [0.5, 0.6) is 11.5 Å².